The second-order valence-corrected chi connectivity index (χ2v) is 3.32. The normalized spacial score (nSPS) is 10.3. The van der Waals surface area contributed by atoms with Gasteiger partial charge in [-0.1, -0.05) is 12.1 Å². The molecule has 0 aliphatic heterocycles. The molecule has 0 saturated carbocycles. The largest absolute Gasteiger partial charge is 0.325 e. The first-order chi connectivity index (χ1) is 7.74. The molecule has 0 saturated heterocycles. The summed E-state index contributed by atoms with van der Waals surface area (Å²) in [7, 11) is 0. The third kappa shape index (κ3) is 1.68. The summed E-state index contributed by atoms with van der Waals surface area (Å²) >= 11 is 0. The molecule has 0 spiro atoms. The predicted molar refractivity (Wildman–Crippen MR) is 60.3 cm³/mol. The number of rotatable bonds is 3. The molecule has 0 fully saturated rings. The number of nitrogens with two attached hydrogens (primary N) is 1. The van der Waals surface area contributed by atoms with Crippen molar-refractivity contribution in [3.63, 3.8) is 0 Å². The molecule has 1 aromatic heterocycles. The third-order valence-corrected chi connectivity index (χ3v) is 2.38. The minimum Gasteiger partial charge on any atom is -0.325 e. The van der Waals surface area contributed by atoms with Crippen LogP contribution < -0.4 is 5.73 Å². The SMILES string of the molecule is NCc1cccn1-c1ccccc1[N+](=O)[O-]. The predicted octanol–water partition coefficient (Wildman–Crippen LogP) is 1.84. The zero-order chi connectivity index (χ0) is 11.5. The van der Waals surface area contributed by atoms with Crippen molar-refractivity contribution in [2.75, 3.05) is 0 Å². The fourth-order valence-corrected chi connectivity index (χ4v) is 1.64. The van der Waals surface area contributed by atoms with Gasteiger partial charge in [-0.25, -0.2) is 0 Å². The van der Waals surface area contributed by atoms with E-state index in [9.17, 15) is 10.1 Å². The Balaban J connectivity index is 2.60. The van der Waals surface area contributed by atoms with Gasteiger partial charge in [0.2, 0.25) is 0 Å². The summed E-state index contributed by atoms with van der Waals surface area (Å²) in [6, 6.07) is 10.3. The molecule has 2 N–H and O–H groups in total. The number of benzene rings is 1. The molecule has 2 aromatic rings. The van der Waals surface area contributed by atoms with E-state index < -0.39 is 4.92 Å². The van der Waals surface area contributed by atoms with E-state index >= 15 is 0 Å². The second-order valence-electron chi connectivity index (χ2n) is 3.32. The van der Waals surface area contributed by atoms with Crippen LogP contribution in [0.3, 0.4) is 0 Å². The molecule has 0 amide bonds. The summed E-state index contributed by atoms with van der Waals surface area (Å²) in [4.78, 5) is 10.5. The lowest BCUT2D eigenvalue weighted by Crippen LogP contribution is -2.06. The number of nitro groups is 1. The molecule has 0 unspecified atom stereocenters. The fraction of sp³-hybridized carbons (Fsp3) is 0.0909. The summed E-state index contributed by atoms with van der Waals surface area (Å²) in [5.74, 6) is 0. The van der Waals surface area contributed by atoms with Gasteiger partial charge in [-0.3, -0.25) is 10.1 Å². The molecule has 16 heavy (non-hydrogen) atoms. The first-order valence-electron chi connectivity index (χ1n) is 4.84. The average Bonchev–Trinajstić information content (AvgIpc) is 2.76. The van der Waals surface area contributed by atoms with E-state index in [0.717, 1.165) is 5.69 Å². The maximum absolute atomic E-state index is 10.9. The molecule has 0 bridgehead atoms. The first kappa shape index (κ1) is 10.4. The van der Waals surface area contributed by atoms with Gasteiger partial charge in [-0.15, -0.1) is 0 Å². The minimum absolute atomic E-state index is 0.0772. The van der Waals surface area contributed by atoms with Crippen LogP contribution in [0.5, 0.6) is 0 Å². The molecule has 2 rings (SSSR count). The van der Waals surface area contributed by atoms with Crippen LogP contribution in [0.15, 0.2) is 42.6 Å². The van der Waals surface area contributed by atoms with Crippen molar-refractivity contribution in [1.82, 2.24) is 4.57 Å². The van der Waals surface area contributed by atoms with Crippen molar-refractivity contribution in [3.8, 4) is 5.69 Å². The van der Waals surface area contributed by atoms with Crippen LogP contribution in [0.4, 0.5) is 5.69 Å². The Morgan fingerprint density at radius 3 is 2.69 bits per heavy atom. The van der Waals surface area contributed by atoms with Crippen molar-refractivity contribution < 1.29 is 4.92 Å². The smallest absolute Gasteiger partial charge is 0.293 e. The average molecular weight is 217 g/mol. The zero-order valence-electron chi connectivity index (χ0n) is 8.54. The monoisotopic (exact) mass is 217 g/mol. The highest BCUT2D eigenvalue weighted by atomic mass is 16.6. The molecule has 5 nitrogen and oxygen atoms in total. The number of aromatic nitrogens is 1. The van der Waals surface area contributed by atoms with E-state index in [-0.39, 0.29) is 5.69 Å². The van der Waals surface area contributed by atoms with E-state index in [0.29, 0.717) is 12.2 Å². The van der Waals surface area contributed by atoms with E-state index in [1.807, 2.05) is 12.1 Å². The minimum atomic E-state index is -0.393. The molecule has 0 atom stereocenters. The highest BCUT2D eigenvalue weighted by Gasteiger charge is 2.14. The van der Waals surface area contributed by atoms with Crippen molar-refractivity contribution in [3.05, 3.63) is 58.4 Å². The number of hydrogen-bond donors (Lipinski definition) is 1. The van der Waals surface area contributed by atoms with Gasteiger partial charge in [-0.05, 0) is 18.2 Å². The lowest BCUT2D eigenvalue weighted by atomic mass is 10.2. The topological polar surface area (TPSA) is 74.1 Å². The van der Waals surface area contributed by atoms with E-state index in [4.69, 9.17) is 5.73 Å². The van der Waals surface area contributed by atoms with E-state index in [2.05, 4.69) is 0 Å². The van der Waals surface area contributed by atoms with E-state index in [1.54, 1.807) is 29.0 Å². The molecule has 5 heteroatoms. The van der Waals surface area contributed by atoms with Crippen LogP contribution in [-0.2, 0) is 6.54 Å². The van der Waals surface area contributed by atoms with Crippen molar-refractivity contribution >= 4 is 5.69 Å². The summed E-state index contributed by atoms with van der Waals surface area (Å²) in [6.45, 7) is 0.346. The van der Waals surface area contributed by atoms with Crippen molar-refractivity contribution in [1.29, 1.82) is 0 Å². The molecular weight excluding hydrogens is 206 g/mol. The van der Waals surface area contributed by atoms with Gasteiger partial charge in [0.15, 0.2) is 0 Å². The number of nitrogens with zero attached hydrogens (tertiary/aromatic N) is 2. The Bertz CT molecular complexity index is 519. The van der Waals surface area contributed by atoms with Crippen molar-refractivity contribution in [2.45, 2.75) is 6.54 Å². The number of nitro benzene ring substituents is 1. The summed E-state index contributed by atoms with van der Waals surface area (Å²) in [5.41, 5.74) is 7.03. The quantitative estimate of drug-likeness (QED) is 0.629. The van der Waals surface area contributed by atoms with Crippen LogP contribution in [0.25, 0.3) is 5.69 Å². The Hall–Kier alpha value is -2.14. The van der Waals surface area contributed by atoms with Gasteiger partial charge in [0.1, 0.15) is 5.69 Å². The molecule has 82 valence electrons. The number of hydrogen-bond acceptors (Lipinski definition) is 3. The molecule has 0 aliphatic rings. The molecular formula is C11H11N3O2. The van der Waals surface area contributed by atoms with Crippen LogP contribution in [0, 0.1) is 10.1 Å². The molecule has 1 aromatic carbocycles. The Morgan fingerprint density at radius 2 is 2.00 bits per heavy atom. The zero-order valence-corrected chi connectivity index (χ0v) is 8.54. The molecule has 0 aliphatic carbocycles. The highest BCUT2D eigenvalue weighted by molar-refractivity contribution is 5.53. The molecule has 1 heterocycles. The van der Waals surface area contributed by atoms with E-state index in [1.165, 1.54) is 6.07 Å². The van der Waals surface area contributed by atoms with Crippen LogP contribution >= 0.6 is 0 Å². The fourth-order valence-electron chi connectivity index (χ4n) is 1.64. The van der Waals surface area contributed by atoms with Crippen molar-refractivity contribution in [2.24, 2.45) is 5.73 Å². The first-order valence-corrected chi connectivity index (χ1v) is 4.84. The van der Waals surface area contributed by atoms with Gasteiger partial charge in [0, 0.05) is 24.5 Å². The van der Waals surface area contributed by atoms with Crippen LogP contribution in [0.1, 0.15) is 5.69 Å². The van der Waals surface area contributed by atoms with Gasteiger partial charge in [0.25, 0.3) is 5.69 Å². The lowest BCUT2D eigenvalue weighted by Gasteiger charge is -2.07. The Labute approximate surface area is 92.3 Å². The Kier molecular flexibility index (Phi) is 2.70. The summed E-state index contributed by atoms with van der Waals surface area (Å²) in [5, 5.41) is 10.9. The summed E-state index contributed by atoms with van der Waals surface area (Å²) in [6.07, 6.45) is 1.77. The van der Waals surface area contributed by atoms with Gasteiger partial charge < -0.3 is 10.3 Å². The lowest BCUT2D eigenvalue weighted by molar-refractivity contribution is -0.384. The second kappa shape index (κ2) is 4.16. The maximum Gasteiger partial charge on any atom is 0.293 e. The third-order valence-electron chi connectivity index (χ3n) is 2.38. The van der Waals surface area contributed by atoms with Gasteiger partial charge in [0.05, 0.1) is 4.92 Å². The van der Waals surface area contributed by atoms with Gasteiger partial charge >= 0.3 is 0 Å². The highest BCUT2D eigenvalue weighted by Crippen LogP contribution is 2.23. The maximum atomic E-state index is 10.9. The van der Waals surface area contributed by atoms with Gasteiger partial charge in [-0.2, -0.15) is 0 Å². The van der Waals surface area contributed by atoms with Crippen LogP contribution in [0.2, 0.25) is 0 Å². The Morgan fingerprint density at radius 1 is 1.25 bits per heavy atom. The molecule has 0 radical (unpaired) electrons. The number of para-hydroxylation sites is 2. The summed E-state index contributed by atoms with van der Waals surface area (Å²) < 4.78 is 1.73. The van der Waals surface area contributed by atoms with Crippen LogP contribution in [-0.4, -0.2) is 9.49 Å². The standard InChI is InChI=1S/C11H11N3O2/c12-8-9-4-3-7-13(9)10-5-1-2-6-11(10)14(15)16/h1-7H,8,12H2.